The van der Waals surface area contributed by atoms with Crippen molar-refractivity contribution in [2.24, 2.45) is 0 Å². The van der Waals surface area contributed by atoms with Gasteiger partial charge in [-0.05, 0) is 42.7 Å². The predicted molar refractivity (Wildman–Crippen MR) is 91.2 cm³/mol. The van der Waals surface area contributed by atoms with Crippen LogP contribution < -0.4 is 9.47 Å². The van der Waals surface area contributed by atoms with Crippen LogP contribution in [0.3, 0.4) is 0 Å². The van der Waals surface area contributed by atoms with E-state index in [0.717, 1.165) is 22.6 Å². The summed E-state index contributed by atoms with van der Waals surface area (Å²) in [5.41, 5.74) is 2.11. The topological polar surface area (TPSA) is 51.7 Å². The Morgan fingerprint density at radius 2 is 2.04 bits per heavy atom. The molecule has 1 amide bonds. The summed E-state index contributed by atoms with van der Waals surface area (Å²) < 4.78 is 11.2. The summed E-state index contributed by atoms with van der Waals surface area (Å²) >= 11 is 0. The smallest absolute Gasteiger partial charge is 0.223 e. The summed E-state index contributed by atoms with van der Waals surface area (Å²) in [7, 11) is 1.84. The molecule has 0 N–H and O–H groups in total. The third-order valence-electron chi connectivity index (χ3n) is 4.37. The number of ether oxygens (including phenoxy) is 2. The number of hydrogen-bond donors (Lipinski definition) is 0. The Labute approximate surface area is 142 Å². The minimum absolute atomic E-state index is 0.0257. The fraction of sp³-hybridized carbons (Fsp3) is 0.368. The van der Waals surface area contributed by atoms with Gasteiger partial charge in [0.05, 0.1) is 6.04 Å². The molecule has 1 aliphatic rings. The van der Waals surface area contributed by atoms with Gasteiger partial charge in [-0.2, -0.15) is 0 Å². The first kappa shape index (κ1) is 16.3. The van der Waals surface area contributed by atoms with Gasteiger partial charge in [0.25, 0.3) is 0 Å². The molecule has 5 heteroatoms. The van der Waals surface area contributed by atoms with Gasteiger partial charge in [0, 0.05) is 25.9 Å². The molecule has 1 unspecified atom stereocenters. The molecule has 1 atom stereocenters. The highest BCUT2D eigenvalue weighted by Gasteiger charge is 2.20. The standard InChI is InChI=1S/C19H22N2O3/c1-14(16-6-7-17-18(12-16)24-11-10-23-17)21(2)19(22)8-5-15-4-3-9-20-13-15/h3-4,6-7,9,12-14H,5,8,10-11H2,1-2H3. The summed E-state index contributed by atoms with van der Waals surface area (Å²) in [6.07, 6.45) is 4.71. The second kappa shape index (κ2) is 7.34. The number of hydrogen-bond acceptors (Lipinski definition) is 4. The molecule has 0 spiro atoms. The van der Waals surface area contributed by atoms with Crippen LogP contribution >= 0.6 is 0 Å². The summed E-state index contributed by atoms with van der Waals surface area (Å²) in [6, 6.07) is 9.72. The van der Waals surface area contributed by atoms with Gasteiger partial charge in [0.1, 0.15) is 13.2 Å². The van der Waals surface area contributed by atoms with Crippen molar-refractivity contribution in [1.82, 2.24) is 9.88 Å². The highest BCUT2D eigenvalue weighted by atomic mass is 16.6. The monoisotopic (exact) mass is 326 g/mol. The molecule has 0 bridgehead atoms. The number of fused-ring (bicyclic) bond motifs is 1. The Balaban J connectivity index is 1.63. The van der Waals surface area contributed by atoms with Gasteiger partial charge in [0.15, 0.2) is 11.5 Å². The number of pyridine rings is 1. The lowest BCUT2D eigenvalue weighted by molar-refractivity contribution is -0.131. The van der Waals surface area contributed by atoms with Crippen molar-refractivity contribution in [2.45, 2.75) is 25.8 Å². The van der Waals surface area contributed by atoms with Gasteiger partial charge < -0.3 is 14.4 Å². The van der Waals surface area contributed by atoms with Crippen molar-refractivity contribution in [3.8, 4) is 11.5 Å². The quantitative estimate of drug-likeness (QED) is 0.847. The van der Waals surface area contributed by atoms with E-state index in [1.165, 1.54) is 0 Å². The molecule has 0 aliphatic carbocycles. The Morgan fingerprint density at radius 1 is 1.25 bits per heavy atom. The number of aromatic nitrogens is 1. The number of amides is 1. The van der Waals surface area contributed by atoms with E-state index in [9.17, 15) is 4.79 Å². The zero-order valence-electron chi connectivity index (χ0n) is 14.1. The van der Waals surface area contributed by atoms with Crippen LogP contribution in [0.15, 0.2) is 42.7 Å². The minimum Gasteiger partial charge on any atom is -0.486 e. The van der Waals surface area contributed by atoms with Crippen LogP contribution in [-0.4, -0.2) is 36.1 Å². The predicted octanol–water partition coefficient (Wildman–Crippen LogP) is 3.01. The van der Waals surface area contributed by atoms with Gasteiger partial charge in [0.2, 0.25) is 5.91 Å². The summed E-state index contributed by atoms with van der Waals surface area (Å²) in [6.45, 7) is 3.16. The van der Waals surface area contributed by atoms with E-state index >= 15 is 0 Å². The van der Waals surface area contributed by atoms with Crippen LogP contribution in [0, 0.1) is 0 Å². The average molecular weight is 326 g/mol. The van der Waals surface area contributed by atoms with Gasteiger partial charge in [-0.1, -0.05) is 12.1 Å². The molecule has 5 nitrogen and oxygen atoms in total. The minimum atomic E-state index is -0.0257. The van der Waals surface area contributed by atoms with Gasteiger partial charge >= 0.3 is 0 Å². The maximum absolute atomic E-state index is 12.5. The summed E-state index contributed by atoms with van der Waals surface area (Å²) in [5, 5.41) is 0. The second-order valence-electron chi connectivity index (χ2n) is 5.94. The molecule has 1 aromatic carbocycles. The lowest BCUT2D eigenvalue weighted by atomic mass is 10.1. The van der Waals surface area contributed by atoms with Crippen molar-refractivity contribution in [2.75, 3.05) is 20.3 Å². The summed E-state index contributed by atoms with van der Waals surface area (Å²) in [4.78, 5) is 18.3. The highest BCUT2D eigenvalue weighted by Crippen LogP contribution is 2.33. The number of rotatable bonds is 5. The van der Waals surface area contributed by atoms with Crippen molar-refractivity contribution in [1.29, 1.82) is 0 Å². The van der Waals surface area contributed by atoms with E-state index in [4.69, 9.17) is 9.47 Å². The third-order valence-corrected chi connectivity index (χ3v) is 4.37. The van der Waals surface area contributed by atoms with Crippen LogP contribution in [0.4, 0.5) is 0 Å². The van der Waals surface area contributed by atoms with Crippen LogP contribution in [0.25, 0.3) is 0 Å². The van der Waals surface area contributed by atoms with Crippen LogP contribution in [0.2, 0.25) is 0 Å². The first-order valence-corrected chi connectivity index (χ1v) is 8.19. The highest BCUT2D eigenvalue weighted by molar-refractivity contribution is 5.76. The lowest BCUT2D eigenvalue weighted by Crippen LogP contribution is -2.30. The molecule has 24 heavy (non-hydrogen) atoms. The molecule has 0 saturated heterocycles. The normalized spacial score (nSPS) is 14.1. The Kier molecular flexibility index (Phi) is 4.99. The SMILES string of the molecule is CC(c1ccc2c(c1)OCCO2)N(C)C(=O)CCc1cccnc1. The van der Waals surface area contributed by atoms with Gasteiger partial charge in [-0.15, -0.1) is 0 Å². The molecule has 0 saturated carbocycles. The van der Waals surface area contributed by atoms with E-state index < -0.39 is 0 Å². The third kappa shape index (κ3) is 3.67. The lowest BCUT2D eigenvalue weighted by Gasteiger charge is -2.27. The number of nitrogens with zero attached hydrogens (tertiary/aromatic N) is 2. The van der Waals surface area contributed by atoms with Crippen LogP contribution in [-0.2, 0) is 11.2 Å². The molecule has 3 rings (SSSR count). The molecule has 2 aromatic rings. The Bertz CT molecular complexity index is 703. The van der Waals surface area contributed by atoms with Crippen molar-refractivity contribution in [3.63, 3.8) is 0 Å². The first-order valence-electron chi connectivity index (χ1n) is 8.19. The zero-order valence-corrected chi connectivity index (χ0v) is 14.1. The van der Waals surface area contributed by atoms with Crippen LogP contribution in [0.1, 0.15) is 30.5 Å². The zero-order chi connectivity index (χ0) is 16.9. The number of benzene rings is 1. The Morgan fingerprint density at radius 3 is 2.79 bits per heavy atom. The molecule has 0 radical (unpaired) electrons. The van der Waals surface area contributed by atoms with E-state index in [1.54, 1.807) is 17.3 Å². The van der Waals surface area contributed by atoms with Gasteiger partial charge in [-0.3, -0.25) is 9.78 Å². The van der Waals surface area contributed by atoms with Gasteiger partial charge in [-0.25, -0.2) is 0 Å². The maximum Gasteiger partial charge on any atom is 0.223 e. The Hall–Kier alpha value is -2.56. The molecule has 1 aliphatic heterocycles. The molecule has 1 aromatic heterocycles. The molecular formula is C19H22N2O3. The van der Waals surface area contributed by atoms with Crippen molar-refractivity contribution in [3.05, 3.63) is 53.9 Å². The van der Waals surface area contributed by atoms with E-state index in [1.807, 2.05) is 44.3 Å². The van der Waals surface area contributed by atoms with E-state index in [0.29, 0.717) is 26.1 Å². The number of carbonyl (C=O) groups excluding carboxylic acids is 1. The number of carbonyl (C=O) groups is 1. The molecule has 0 fully saturated rings. The van der Waals surface area contributed by atoms with E-state index in [2.05, 4.69) is 4.98 Å². The molecule has 126 valence electrons. The fourth-order valence-electron chi connectivity index (χ4n) is 2.73. The van der Waals surface area contributed by atoms with Crippen molar-refractivity contribution < 1.29 is 14.3 Å². The maximum atomic E-state index is 12.5. The summed E-state index contributed by atoms with van der Waals surface area (Å²) in [5.74, 6) is 1.63. The largest absolute Gasteiger partial charge is 0.486 e. The van der Waals surface area contributed by atoms with E-state index in [-0.39, 0.29) is 11.9 Å². The second-order valence-corrected chi connectivity index (χ2v) is 5.94. The fourth-order valence-corrected chi connectivity index (χ4v) is 2.73. The number of aryl methyl sites for hydroxylation is 1. The van der Waals surface area contributed by atoms with Crippen molar-refractivity contribution >= 4 is 5.91 Å². The molecule has 2 heterocycles. The first-order chi connectivity index (χ1) is 11.6. The van der Waals surface area contributed by atoms with Crippen LogP contribution in [0.5, 0.6) is 11.5 Å². The average Bonchev–Trinajstić information content (AvgIpc) is 2.65. The molecular weight excluding hydrogens is 304 g/mol.